The first kappa shape index (κ1) is 21.8. The smallest absolute Gasteiger partial charge is 0.319 e. The van der Waals surface area contributed by atoms with Crippen molar-refractivity contribution in [2.75, 3.05) is 26.7 Å². The van der Waals surface area contributed by atoms with Crippen molar-refractivity contribution in [2.24, 2.45) is 11.7 Å². The topological polar surface area (TPSA) is 128 Å². The fraction of sp³-hybridized carbons (Fsp3) is 0.867. The van der Waals surface area contributed by atoms with Crippen LogP contribution in [-0.2, 0) is 9.59 Å². The fourth-order valence-corrected chi connectivity index (χ4v) is 2.16. The standard InChI is InChI=1S/C15H32N4O4/c1-11(2)5-4-6-17-9-13(20)7-12(16)8-14(21)18-19(3)10-15(22)23/h11-13,17,20H,4-10,16H2,1-3H3,(H,18,21)(H,22,23)/t12-,13-/m1/s1. The van der Waals surface area contributed by atoms with Gasteiger partial charge in [-0.3, -0.25) is 15.0 Å². The zero-order valence-electron chi connectivity index (χ0n) is 14.4. The van der Waals surface area contributed by atoms with Gasteiger partial charge in [-0.25, -0.2) is 5.01 Å². The van der Waals surface area contributed by atoms with Crippen LogP contribution in [0.1, 0.15) is 39.5 Å². The first-order chi connectivity index (χ1) is 10.7. The van der Waals surface area contributed by atoms with E-state index in [4.69, 9.17) is 10.8 Å². The molecule has 136 valence electrons. The van der Waals surface area contributed by atoms with Crippen LogP contribution in [0.15, 0.2) is 0 Å². The van der Waals surface area contributed by atoms with Crippen molar-refractivity contribution in [1.29, 1.82) is 0 Å². The molecule has 0 saturated heterocycles. The summed E-state index contributed by atoms with van der Waals surface area (Å²) in [6.45, 7) is 5.36. The van der Waals surface area contributed by atoms with Crippen molar-refractivity contribution in [3.63, 3.8) is 0 Å². The van der Waals surface area contributed by atoms with Gasteiger partial charge in [-0.05, 0) is 31.7 Å². The predicted octanol–water partition coefficient (Wildman–Crippen LogP) is -0.472. The molecule has 0 aromatic rings. The largest absolute Gasteiger partial charge is 0.480 e. The third kappa shape index (κ3) is 14.1. The number of carbonyl (C=O) groups is 2. The van der Waals surface area contributed by atoms with Crippen LogP contribution in [0.4, 0.5) is 0 Å². The number of aliphatic hydroxyl groups excluding tert-OH is 1. The Morgan fingerprint density at radius 1 is 1.30 bits per heavy atom. The third-order valence-corrected chi connectivity index (χ3v) is 3.23. The molecular weight excluding hydrogens is 300 g/mol. The highest BCUT2D eigenvalue weighted by Crippen LogP contribution is 2.03. The molecule has 0 heterocycles. The number of hydrogen-bond acceptors (Lipinski definition) is 6. The molecule has 0 aliphatic rings. The van der Waals surface area contributed by atoms with Gasteiger partial charge >= 0.3 is 5.97 Å². The number of nitrogens with two attached hydrogens (primary N) is 1. The van der Waals surface area contributed by atoms with Crippen LogP contribution >= 0.6 is 0 Å². The van der Waals surface area contributed by atoms with Gasteiger partial charge < -0.3 is 21.3 Å². The maximum Gasteiger partial charge on any atom is 0.319 e. The summed E-state index contributed by atoms with van der Waals surface area (Å²) in [6.07, 6.45) is 1.96. The van der Waals surface area contributed by atoms with Crippen LogP contribution in [0.2, 0.25) is 0 Å². The normalized spacial score (nSPS) is 14.0. The number of carboxylic acids is 1. The lowest BCUT2D eigenvalue weighted by Crippen LogP contribution is -2.44. The van der Waals surface area contributed by atoms with Gasteiger partial charge in [0.2, 0.25) is 5.91 Å². The summed E-state index contributed by atoms with van der Waals surface area (Å²) in [5.41, 5.74) is 8.26. The minimum Gasteiger partial charge on any atom is -0.480 e. The van der Waals surface area contributed by atoms with Gasteiger partial charge in [0.05, 0.1) is 6.10 Å². The zero-order chi connectivity index (χ0) is 17.8. The number of carboxylic acid groups (broad SMARTS) is 1. The van der Waals surface area contributed by atoms with Crippen LogP contribution in [0.3, 0.4) is 0 Å². The van der Waals surface area contributed by atoms with Crippen LogP contribution < -0.4 is 16.5 Å². The van der Waals surface area contributed by atoms with Crippen LogP contribution in [0.5, 0.6) is 0 Å². The lowest BCUT2D eigenvalue weighted by molar-refractivity contribution is -0.139. The van der Waals surface area contributed by atoms with Crippen molar-refractivity contribution < 1.29 is 19.8 Å². The Kier molecular flexibility index (Phi) is 11.6. The number of hydrogen-bond donors (Lipinski definition) is 5. The van der Waals surface area contributed by atoms with Crippen molar-refractivity contribution in [3.05, 3.63) is 0 Å². The van der Waals surface area contributed by atoms with E-state index in [1.807, 2.05) is 0 Å². The molecule has 1 amide bonds. The van der Waals surface area contributed by atoms with Gasteiger partial charge in [-0.2, -0.15) is 0 Å². The van der Waals surface area contributed by atoms with E-state index in [1.54, 1.807) is 0 Å². The lowest BCUT2D eigenvalue weighted by Gasteiger charge is -2.19. The van der Waals surface area contributed by atoms with Gasteiger partial charge in [-0.1, -0.05) is 13.8 Å². The number of hydrazine groups is 1. The number of likely N-dealkylation sites (N-methyl/N-ethyl adjacent to an activating group) is 1. The molecular formula is C15H32N4O4. The maximum absolute atomic E-state index is 11.7. The number of rotatable bonds is 13. The fourth-order valence-electron chi connectivity index (χ4n) is 2.16. The molecule has 0 saturated carbocycles. The number of nitrogens with one attached hydrogen (secondary N) is 2. The molecule has 2 atom stereocenters. The highest BCUT2D eigenvalue weighted by atomic mass is 16.4. The molecule has 0 fully saturated rings. The van der Waals surface area contributed by atoms with Gasteiger partial charge in [-0.15, -0.1) is 0 Å². The quantitative estimate of drug-likeness (QED) is 0.228. The molecule has 8 heteroatoms. The molecule has 23 heavy (non-hydrogen) atoms. The summed E-state index contributed by atoms with van der Waals surface area (Å²) >= 11 is 0. The number of aliphatic carboxylic acids is 1. The molecule has 0 unspecified atom stereocenters. The molecule has 0 aromatic carbocycles. The Balaban J connectivity index is 3.80. The van der Waals surface area contributed by atoms with E-state index in [-0.39, 0.29) is 18.9 Å². The van der Waals surface area contributed by atoms with Gasteiger partial charge in [0.25, 0.3) is 0 Å². The molecule has 0 aliphatic carbocycles. The number of amides is 1. The summed E-state index contributed by atoms with van der Waals surface area (Å²) in [4.78, 5) is 22.2. The average Bonchev–Trinajstić information content (AvgIpc) is 2.35. The molecule has 8 nitrogen and oxygen atoms in total. The van der Waals surface area contributed by atoms with Gasteiger partial charge in [0.1, 0.15) is 6.54 Å². The Hall–Kier alpha value is -1.22. The van der Waals surface area contributed by atoms with Crippen molar-refractivity contribution >= 4 is 11.9 Å². The molecule has 0 radical (unpaired) electrons. The van der Waals surface area contributed by atoms with E-state index in [9.17, 15) is 14.7 Å². The maximum atomic E-state index is 11.7. The first-order valence-electron chi connectivity index (χ1n) is 8.07. The second-order valence-electron chi connectivity index (χ2n) is 6.38. The SMILES string of the molecule is CC(C)CCCNC[C@H](O)C[C@@H](N)CC(=O)NN(C)CC(=O)O. The average molecular weight is 332 g/mol. The summed E-state index contributed by atoms with van der Waals surface area (Å²) in [5.74, 6) is -0.720. The summed E-state index contributed by atoms with van der Waals surface area (Å²) < 4.78 is 0. The second-order valence-corrected chi connectivity index (χ2v) is 6.38. The monoisotopic (exact) mass is 332 g/mol. The lowest BCUT2D eigenvalue weighted by atomic mass is 10.1. The van der Waals surface area contributed by atoms with E-state index in [0.29, 0.717) is 18.9 Å². The zero-order valence-corrected chi connectivity index (χ0v) is 14.4. The summed E-state index contributed by atoms with van der Waals surface area (Å²) in [5, 5.41) is 22.8. The minimum atomic E-state index is -1.03. The van der Waals surface area contributed by atoms with Crippen LogP contribution in [-0.4, -0.2) is 65.9 Å². The third-order valence-electron chi connectivity index (χ3n) is 3.23. The van der Waals surface area contributed by atoms with E-state index in [2.05, 4.69) is 24.6 Å². The van der Waals surface area contributed by atoms with E-state index in [1.165, 1.54) is 12.1 Å². The number of nitrogens with zero attached hydrogens (tertiary/aromatic N) is 1. The van der Waals surface area contributed by atoms with Crippen molar-refractivity contribution in [3.8, 4) is 0 Å². The Labute approximate surface area is 138 Å². The summed E-state index contributed by atoms with van der Waals surface area (Å²) in [6, 6.07) is -0.472. The van der Waals surface area contributed by atoms with E-state index in [0.717, 1.165) is 19.4 Å². The highest BCUT2D eigenvalue weighted by molar-refractivity contribution is 5.76. The van der Waals surface area contributed by atoms with E-state index < -0.39 is 18.1 Å². The molecule has 0 aliphatic heterocycles. The van der Waals surface area contributed by atoms with E-state index >= 15 is 0 Å². The van der Waals surface area contributed by atoms with Crippen molar-refractivity contribution in [2.45, 2.75) is 51.7 Å². The Morgan fingerprint density at radius 2 is 1.96 bits per heavy atom. The van der Waals surface area contributed by atoms with Crippen LogP contribution in [0.25, 0.3) is 0 Å². The van der Waals surface area contributed by atoms with Gasteiger partial charge in [0.15, 0.2) is 0 Å². The van der Waals surface area contributed by atoms with Gasteiger partial charge in [0, 0.05) is 26.1 Å². The molecule has 0 spiro atoms. The molecule has 0 aromatic heterocycles. The highest BCUT2D eigenvalue weighted by Gasteiger charge is 2.16. The molecule has 0 bridgehead atoms. The predicted molar refractivity (Wildman–Crippen MR) is 88.6 cm³/mol. The van der Waals surface area contributed by atoms with Crippen LogP contribution in [0, 0.1) is 5.92 Å². The minimum absolute atomic E-state index is 0.0361. The Morgan fingerprint density at radius 3 is 2.52 bits per heavy atom. The first-order valence-corrected chi connectivity index (χ1v) is 8.07. The Bertz CT molecular complexity index is 352. The summed E-state index contributed by atoms with van der Waals surface area (Å²) in [7, 11) is 1.47. The second kappa shape index (κ2) is 12.2. The molecule has 0 rings (SSSR count). The molecule has 6 N–H and O–H groups in total. The van der Waals surface area contributed by atoms with Crippen molar-refractivity contribution in [1.82, 2.24) is 15.8 Å². The number of aliphatic hydroxyl groups is 1. The number of carbonyl (C=O) groups excluding carboxylic acids is 1.